The lowest BCUT2D eigenvalue weighted by Gasteiger charge is -2.05. The Bertz CT molecular complexity index is 498. The number of hydrogen-bond acceptors (Lipinski definition) is 0. The van der Waals surface area contributed by atoms with Crippen LogP contribution in [0.4, 0.5) is 0 Å². The number of benzene rings is 2. The van der Waals surface area contributed by atoms with E-state index in [-0.39, 0.29) is 0 Å². The first-order valence-electron chi connectivity index (χ1n) is 5.04. The molecule has 0 aliphatic carbocycles. The second-order valence-electron chi connectivity index (χ2n) is 3.57. The van der Waals surface area contributed by atoms with Gasteiger partial charge in [0, 0.05) is 5.88 Å². The van der Waals surface area contributed by atoms with Crippen LogP contribution in [0.3, 0.4) is 0 Å². The van der Waals surface area contributed by atoms with Crippen LogP contribution >= 0.6 is 11.6 Å². The average Bonchev–Trinajstić information content (AvgIpc) is 2.28. The van der Waals surface area contributed by atoms with E-state index in [0.717, 1.165) is 0 Å². The summed E-state index contributed by atoms with van der Waals surface area (Å²) in [6.07, 6.45) is 4.08. The van der Waals surface area contributed by atoms with Gasteiger partial charge in [0.15, 0.2) is 0 Å². The molecule has 0 heterocycles. The molecule has 0 amide bonds. The number of rotatable bonds is 2. The van der Waals surface area contributed by atoms with Crippen molar-refractivity contribution in [1.82, 2.24) is 0 Å². The fourth-order valence-electron chi connectivity index (χ4n) is 1.79. The summed E-state index contributed by atoms with van der Waals surface area (Å²) >= 11 is 5.67. The first-order chi connectivity index (χ1) is 7.33. The molecular weight excluding hydrogens is 204 g/mol. The molecule has 0 aromatic heterocycles. The zero-order valence-electron chi connectivity index (χ0n) is 8.70. The number of aryl methyl sites for hydroxylation is 1. The Morgan fingerprint density at radius 3 is 2.73 bits per heavy atom. The first-order valence-corrected chi connectivity index (χ1v) is 5.57. The Morgan fingerprint density at radius 2 is 1.93 bits per heavy atom. The molecule has 2 rings (SSSR count). The van der Waals surface area contributed by atoms with Crippen molar-refractivity contribution in [2.75, 3.05) is 5.88 Å². The smallest absolute Gasteiger partial charge is 0.0407 e. The SMILES string of the molecule is Cc1ccc2ccccc2c1/C=C/CCl. The second kappa shape index (κ2) is 4.50. The predicted octanol–water partition coefficient (Wildman–Crippen LogP) is 4.40. The highest BCUT2D eigenvalue weighted by Crippen LogP contribution is 2.23. The normalized spacial score (nSPS) is 11.3. The van der Waals surface area contributed by atoms with Crippen molar-refractivity contribution in [3.05, 3.63) is 53.6 Å². The second-order valence-corrected chi connectivity index (χ2v) is 3.88. The van der Waals surface area contributed by atoms with Crippen molar-refractivity contribution < 1.29 is 0 Å². The highest BCUT2D eigenvalue weighted by molar-refractivity contribution is 6.19. The van der Waals surface area contributed by atoms with E-state index in [1.54, 1.807) is 0 Å². The predicted molar refractivity (Wildman–Crippen MR) is 68.4 cm³/mol. The Labute approximate surface area is 95.2 Å². The molecule has 0 bridgehead atoms. The van der Waals surface area contributed by atoms with E-state index >= 15 is 0 Å². The minimum atomic E-state index is 0.558. The van der Waals surface area contributed by atoms with Gasteiger partial charge >= 0.3 is 0 Å². The third-order valence-electron chi connectivity index (χ3n) is 2.56. The summed E-state index contributed by atoms with van der Waals surface area (Å²) in [5, 5.41) is 2.57. The van der Waals surface area contributed by atoms with Crippen molar-refractivity contribution in [3.63, 3.8) is 0 Å². The maximum Gasteiger partial charge on any atom is 0.0407 e. The Balaban J connectivity index is 2.68. The molecule has 76 valence electrons. The molecule has 0 fully saturated rings. The number of alkyl halides is 1. The van der Waals surface area contributed by atoms with Crippen LogP contribution in [0.15, 0.2) is 42.5 Å². The third kappa shape index (κ3) is 2.05. The Hall–Kier alpha value is -1.27. The molecular formula is C14H13Cl. The summed E-state index contributed by atoms with van der Waals surface area (Å²) < 4.78 is 0. The topological polar surface area (TPSA) is 0 Å². The fourth-order valence-corrected chi connectivity index (χ4v) is 1.88. The number of halogens is 1. The van der Waals surface area contributed by atoms with Gasteiger partial charge < -0.3 is 0 Å². The van der Waals surface area contributed by atoms with E-state index in [4.69, 9.17) is 11.6 Å². The van der Waals surface area contributed by atoms with E-state index in [2.05, 4.69) is 49.4 Å². The number of allylic oxidation sites excluding steroid dienone is 1. The van der Waals surface area contributed by atoms with Crippen LogP contribution in [0.2, 0.25) is 0 Å². The maximum absolute atomic E-state index is 5.67. The molecule has 2 aromatic carbocycles. The molecule has 0 N–H and O–H groups in total. The van der Waals surface area contributed by atoms with Gasteiger partial charge in [0.25, 0.3) is 0 Å². The largest absolute Gasteiger partial charge is 0.122 e. The van der Waals surface area contributed by atoms with Crippen molar-refractivity contribution in [3.8, 4) is 0 Å². The van der Waals surface area contributed by atoms with Crippen LogP contribution in [0.1, 0.15) is 11.1 Å². The van der Waals surface area contributed by atoms with Crippen molar-refractivity contribution in [1.29, 1.82) is 0 Å². The van der Waals surface area contributed by atoms with Crippen molar-refractivity contribution in [2.45, 2.75) is 6.92 Å². The van der Waals surface area contributed by atoms with Gasteiger partial charge in [0.05, 0.1) is 0 Å². The molecule has 0 saturated carbocycles. The standard InChI is InChI=1S/C14H13Cl/c1-11-8-9-12-5-2-3-6-14(12)13(11)7-4-10-15/h2-9H,10H2,1H3/b7-4+. The molecule has 15 heavy (non-hydrogen) atoms. The average molecular weight is 217 g/mol. The van der Waals surface area contributed by atoms with Crippen LogP contribution < -0.4 is 0 Å². The van der Waals surface area contributed by atoms with Crippen LogP contribution in [0.25, 0.3) is 16.8 Å². The quantitative estimate of drug-likeness (QED) is 0.653. The van der Waals surface area contributed by atoms with Crippen molar-refractivity contribution in [2.24, 2.45) is 0 Å². The zero-order chi connectivity index (χ0) is 10.7. The summed E-state index contributed by atoms with van der Waals surface area (Å²) in [4.78, 5) is 0. The van der Waals surface area contributed by atoms with E-state index in [0.29, 0.717) is 5.88 Å². The lowest BCUT2D eigenvalue weighted by atomic mass is 9.99. The highest BCUT2D eigenvalue weighted by Gasteiger charge is 2.00. The summed E-state index contributed by atoms with van der Waals surface area (Å²) in [5.41, 5.74) is 2.56. The minimum Gasteiger partial charge on any atom is -0.122 e. The first kappa shape index (κ1) is 10.3. The number of fused-ring (bicyclic) bond motifs is 1. The van der Waals surface area contributed by atoms with Gasteiger partial charge in [-0.15, -0.1) is 11.6 Å². The fraction of sp³-hybridized carbons (Fsp3) is 0.143. The summed E-state index contributed by atoms with van der Waals surface area (Å²) in [7, 11) is 0. The van der Waals surface area contributed by atoms with Crippen LogP contribution in [0, 0.1) is 6.92 Å². The summed E-state index contributed by atoms with van der Waals surface area (Å²) in [6, 6.07) is 12.7. The van der Waals surface area contributed by atoms with Gasteiger partial charge in [0.1, 0.15) is 0 Å². The molecule has 2 aromatic rings. The lowest BCUT2D eigenvalue weighted by molar-refractivity contribution is 1.47. The van der Waals surface area contributed by atoms with Gasteiger partial charge in [-0.25, -0.2) is 0 Å². The zero-order valence-corrected chi connectivity index (χ0v) is 9.46. The number of hydrogen-bond donors (Lipinski definition) is 0. The van der Waals surface area contributed by atoms with E-state index in [1.807, 2.05) is 6.08 Å². The molecule has 0 saturated heterocycles. The van der Waals surface area contributed by atoms with Crippen LogP contribution in [-0.2, 0) is 0 Å². The van der Waals surface area contributed by atoms with Gasteiger partial charge in [0.2, 0.25) is 0 Å². The maximum atomic E-state index is 5.67. The molecule has 0 aliphatic rings. The van der Waals surface area contributed by atoms with E-state index in [1.165, 1.54) is 21.9 Å². The van der Waals surface area contributed by atoms with E-state index in [9.17, 15) is 0 Å². The molecule has 0 unspecified atom stereocenters. The van der Waals surface area contributed by atoms with Crippen molar-refractivity contribution >= 4 is 28.4 Å². The van der Waals surface area contributed by atoms with E-state index < -0.39 is 0 Å². The summed E-state index contributed by atoms with van der Waals surface area (Å²) in [5.74, 6) is 0.558. The molecule has 0 aliphatic heterocycles. The molecule has 0 atom stereocenters. The monoisotopic (exact) mass is 216 g/mol. The van der Waals surface area contributed by atoms with Gasteiger partial charge in [-0.1, -0.05) is 48.6 Å². The molecule has 0 spiro atoms. The summed E-state index contributed by atoms with van der Waals surface area (Å²) in [6.45, 7) is 2.13. The van der Waals surface area contributed by atoms with Crippen LogP contribution in [0.5, 0.6) is 0 Å². The van der Waals surface area contributed by atoms with Gasteiger partial charge in [-0.2, -0.15) is 0 Å². The Morgan fingerprint density at radius 1 is 1.13 bits per heavy atom. The third-order valence-corrected chi connectivity index (χ3v) is 2.74. The molecule has 1 heteroatoms. The van der Waals surface area contributed by atoms with Crippen LogP contribution in [-0.4, -0.2) is 5.88 Å². The minimum absolute atomic E-state index is 0.558. The Kier molecular flexibility index (Phi) is 3.08. The highest BCUT2D eigenvalue weighted by atomic mass is 35.5. The van der Waals surface area contributed by atoms with Gasteiger partial charge in [-0.05, 0) is 28.8 Å². The van der Waals surface area contributed by atoms with Gasteiger partial charge in [-0.3, -0.25) is 0 Å². The lowest BCUT2D eigenvalue weighted by Crippen LogP contribution is -1.83. The molecule has 0 nitrogen and oxygen atoms in total. The molecule has 0 radical (unpaired) electrons.